The van der Waals surface area contributed by atoms with Gasteiger partial charge in [-0.3, -0.25) is 0 Å². The molecule has 0 saturated carbocycles. The zero-order chi connectivity index (χ0) is 83.3. The van der Waals surface area contributed by atoms with Crippen LogP contribution in [0.5, 0.6) is 0 Å². The van der Waals surface area contributed by atoms with Gasteiger partial charge in [-0.2, -0.15) is 0 Å². The van der Waals surface area contributed by atoms with E-state index in [0.717, 1.165) is 0 Å². The van der Waals surface area contributed by atoms with Crippen molar-refractivity contribution in [2.45, 2.75) is 6.92 Å². The first-order valence-electron chi connectivity index (χ1n) is 29.3. The van der Waals surface area contributed by atoms with Gasteiger partial charge in [0.05, 0.1) is 0 Å². The van der Waals surface area contributed by atoms with E-state index in [4.69, 9.17) is 6.42 Å². The molecule has 0 nitrogen and oxygen atoms in total. The molecule has 0 fully saturated rings. The standard InChI is InChI=1S/C117H4/c1-3-5-7-9-11-13-15-17-19-21-23-25-27-29-31-33-35-37-39-41-43-45-47-49-51-53-55-57-59-61-63-65-67-69-71-73-75-77-79-81-83-85-87-89-91-93-95-97-99-101-103-105-107-109-111-113-115-117-116-114-112-110-108-106-104-102-100-98-96-94-92-90-88-86-84-82-80-78-76-74-72-70-68-66-64-62-60-58-56-54-52-50-48-46-44-42-40-38-36-34-32-30-28-26-24-22-20-18-16-14-12-10-8-6-4-2/h1H,2H3. The molecule has 0 aromatic heterocycles. The minimum absolute atomic E-state index is 1.68. The Kier molecular flexibility index (Phi) is 70.7. The Bertz CT molecular complexity index is 8250. The van der Waals surface area contributed by atoms with Crippen molar-refractivity contribution in [3.63, 3.8) is 0 Å². The molecular weight excluding hydrogens is 1410 g/mol. The minimum atomic E-state index is 1.68. The predicted octanol–water partition coefficient (Wildman–Crippen LogP) is 0.833. The van der Waals surface area contributed by atoms with Gasteiger partial charge in [0.2, 0.25) is 0 Å². The van der Waals surface area contributed by atoms with Crippen molar-refractivity contribution in [1.82, 2.24) is 0 Å². The van der Waals surface area contributed by atoms with E-state index in [-0.39, 0.29) is 0 Å². The fourth-order valence-electron chi connectivity index (χ4n) is 3.57. The summed E-state index contributed by atoms with van der Waals surface area (Å²) in [6.45, 7) is 1.68. The summed E-state index contributed by atoms with van der Waals surface area (Å²) in [5.74, 6) is 287. The molecule has 0 unspecified atom stereocenters. The zero-order valence-electron chi connectivity index (χ0n) is 59.1. The van der Waals surface area contributed by atoms with Crippen LogP contribution in [-0.4, -0.2) is 0 Å². The van der Waals surface area contributed by atoms with Crippen molar-refractivity contribution in [3.05, 3.63) is 0 Å². The molecule has 0 aliphatic rings. The lowest BCUT2D eigenvalue weighted by Gasteiger charge is -1.58. The zero-order valence-corrected chi connectivity index (χ0v) is 59.1. The van der Waals surface area contributed by atoms with E-state index in [9.17, 15) is 0 Å². The van der Waals surface area contributed by atoms with Crippen LogP contribution in [0.2, 0.25) is 0 Å². The molecule has 0 amide bonds. The molecule has 0 heterocycles. The number of hydrogen-bond acceptors (Lipinski definition) is 0. The Morgan fingerprint density at radius 3 is 0.154 bits per heavy atom. The number of rotatable bonds is 0. The summed E-state index contributed by atoms with van der Waals surface area (Å²) in [5, 5.41) is 0. The SMILES string of the molecule is C#CC#CC#CC#CC#CC#CC#CC#CC#CC#CC#CC#CC#CC#CC#CC#CC#CC#CC#CC#CC#CC#CC#CC#CC#CC#CC#CC#CC#CC#CC#CC#CC#CC#CC#CC#CC#CC#CC#CC#CC#CC#CC#CC#CC#CC#CC#CC#CC#CC#CC#CC#CC#CC#CC#CC#CC#CC#CC. The van der Waals surface area contributed by atoms with Crippen molar-refractivity contribution in [1.29, 1.82) is 0 Å². The molecule has 0 N–H and O–H groups in total. The first-order chi connectivity index (χ1) is 58.4. The van der Waals surface area contributed by atoms with E-state index in [1.165, 1.54) is 0 Å². The largest absolute Gasteiger partial charge is 0.106 e. The molecule has 472 valence electrons. The van der Waals surface area contributed by atoms with Gasteiger partial charge in [0.15, 0.2) is 0 Å². The first kappa shape index (κ1) is 91.5. The van der Waals surface area contributed by atoms with Crippen LogP contribution >= 0.6 is 0 Å². The minimum Gasteiger partial charge on any atom is -0.106 e. The second-order valence-corrected chi connectivity index (χ2v) is 14.5. The lowest BCUT2D eigenvalue weighted by Crippen LogP contribution is -1.57. The number of hydrogen-bond donors (Lipinski definition) is 0. The maximum Gasteiger partial charge on any atom is 0 e. The van der Waals surface area contributed by atoms with Gasteiger partial charge in [-0.15, -0.1) is 6.42 Å². The summed E-state index contributed by atoms with van der Waals surface area (Å²) in [5.41, 5.74) is 0. The highest BCUT2D eigenvalue weighted by Gasteiger charge is 1.69. The van der Waals surface area contributed by atoms with Gasteiger partial charge in [-0.1, -0.05) is 5.92 Å². The van der Waals surface area contributed by atoms with Gasteiger partial charge >= 0.3 is 0 Å². The Morgan fingerprint density at radius 1 is 0.0684 bits per heavy atom. The summed E-state index contributed by atoms with van der Waals surface area (Å²) in [4.78, 5) is 0. The molecule has 0 aromatic carbocycles. The van der Waals surface area contributed by atoms with E-state index in [2.05, 4.69) is 681 Å². The summed E-state index contributed by atoms with van der Waals surface area (Å²) in [7, 11) is 0. The van der Waals surface area contributed by atoms with Crippen LogP contribution < -0.4 is 0 Å². The maximum atomic E-state index is 4.95. The van der Waals surface area contributed by atoms with Crippen LogP contribution in [0, 0.1) is 687 Å². The van der Waals surface area contributed by atoms with Crippen LogP contribution in [-0.2, 0) is 0 Å². The van der Waals surface area contributed by atoms with Gasteiger partial charge in [0.1, 0.15) is 0 Å². The third-order valence-corrected chi connectivity index (χ3v) is 7.20. The van der Waals surface area contributed by atoms with Crippen molar-refractivity contribution >= 4 is 0 Å². The fourth-order valence-corrected chi connectivity index (χ4v) is 3.57. The Hall–Kier alpha value is -25.5. The average molecular weight is 1410 g/mol. The van der Waals surface area contributed by atoms with E-state index >= 15 is 0 Å². The van der Waals surface area contributed by atoms with E-state index in [0.29, 0.717) is 0 Å². The van der Waals surface area contributed by atoms with Gasteiger partial charge in [-0.05, 0) is 102 Å². The van der Waals surface area contributed by atoms with Gasteiger partial charge in [0, 0.05) is 580 Å². The molecule has 0 spiro atoms. The van der Waals surface area contributed by atoms with E-state index < -0.39 is 0 Å². The van der Waals surface area contributed by atoms with Gasteiger partial charge in [-0.25, -0.2) is 0 Å². The maximum absolute atomic E-state index is 4.95. The summed E-state index contributed by atoms with van der Waals surface area (Å²) in [6.07, 6.45) is 4.95. The van der Waals surface area contributed by atoms with Crippen molar-refractivity contribution in [2.24, 2.45) is 0 Å². The molecular formula is C117H4. The van der Waals surface area contributed by atoms with Crippen molar-refractivity contribution in [3.8, 4) is 687 Å². The Morgan fingerprint density at radius 2 is 0.111 bits per heavy atom. The van der Waals surface area contributed by atoms with Crippen LogP contribution in [0.1, 0.15) is 6.92 Å². The second-order valence-electron chi connectivity index (χ2n) is 14.5. The third-order valence-electron chi connectivity index (χ3n) is 7.20. The molecule has 0 radical (unpaired) electrons. The molecule has 0 aliphatic carbocycles. The summed E-state index contributed by atoms with van der Waals surface area (Å²) < 4.78 is 0. The topological polar surface area (TPSA) is 0 Å². The predicted molar refractivity (Wildman–Crippen MR) is 458 cm³/mol. The normalized spacial score (nSPS) is 3.97. The van der Waals surface area contributed by atoms with Gasteiger partial charge in [0.25, 0.3) is 0 Å². The summed E-state index contributed by atoms with van der Waals surface area (Å²) >= 11 is 0. The Labute approximate surface area is 689 Å². The van der Waals surface area contributed by atoms with E-state index in [1.54, 1.807) is 6.92 Å². The van der Waals surface area contributed by atoms with Crippen LogP contribution in [0.4, 0.5) is 0 Å². The molecule has 0 rings (SSSR count). The highest BCUT2D eigenvalue weighted by Crippen LogP contribution is 1.69. The first-order valence-corrected chi connectivity index (χ1v) is 29.3. The Balaban J connectivity index is 4.65. The molecule has 0 heteroatoms. The monoisotopic (exact) mass is 1410 g/mol. The highest BCUT2D eigenvalue weighted by molar-refractivity contribution is 5.57. The lowest BCUT2D eigenvalue weighted by molar-refractivity contribution is 1.92. The van der Waals surface area contributed by atoms with Crippen molar-refractivity contribution < 1.29 is 0 Å². The number of terminal acetylenes is 1. The van der Waals surface area contributed by atoms with Crippen LogP contribution in [0.25, 0.3) is 0 Å². The quantitative estimate of drug-likeness (QED) is 0.316. The molecule has 0 bridgehead atoms. The van der Waals surface area contributed by atoms with Crippen LogP contribution in [0.15, 0.2) is 0 Å². The molecule has 0 aliphatic heterocycles. The molecule has 117 heavy (non-hydrogen) atoms. The highest BCUT2D eigenvalue weighted by atomic mass is 13.7. The van der Waals surface area contributed by atoms with Gasteiger partial charge < -0.3 is 0 Å². The molecule has 0 atom stereocenters. The van der Waals surface area contributed by atoms with Crippen molar-refractivity contribution in [2.75, 3.05) is 0 Å². The second kappa shape index (κ2) is 90.5. The smallest absolute Gasteiger partial charge is 0 e. The summed E-state index contributed by atoms with van der Waals surface area (Å²) in [6, 6.07) is 0. The lowest BCUT2D eigenvalue weighted by atomic mass is 10.4. The molecule has 0 saturated heterocycles. The van der Waals surface area contributed by atoms with E-state index in [1.807, 2.05) is 0 Å². The average Bonchev–Trinajstić information content (AvgIpc) is 2.46. The van der Waals surface area contributed by atoms with Crippen LogP contribution in [0.3, 0.4) is 0 Å². The third kappa shape index (κ3) is 90.5. The molecule has 0 aromatic rings. The fraction of sp³-hybridized carbons (Fsp3) is 0.00855.